The van der Waals surface area contributed by atoms with Gasteiger partial charge >= 0.3 is 5.97 Å². The summed E-state index contributed by atoms with van der Waals surface area (Å²) in [5.74, 6) is -0.757. The molecule has 0 radical (unpaired) electrons. The Kier molecular flexibility index (Phi) is 5.59. The van der Waals surface area contributed by atoms with Crippen LogP contribution in [0.5, 0.6) is 0 Å². The van der Waals surface area contributed by atoms with Crippen molar-refractivity contribution in [1.82, 2.24) is 5.32 Å². The number of amides is 1. The second-order valence-corrected chi connectivity index (χ2v) is 2.43. The number of allylic oxidation sites excluding steroid dienone is 1. The predicted octanol–water partition coefficient (Wildman–Crippen LogP) is 0.980. The smallest absolute Gasteiger partial charge is 0.354 e. The molecule has 0 spiro atoms. The summed E-state index contributed by atoms with van der Waals surface area (Å²) in [6.07, 6.45) is 2.30. The van der Waals surface area contributed by atoms with Crippen molar-refractivity contribution in [2.24, 2.45) is 0 Å². The highest BCUT2D eigenvalue weighted by atomic mass is 16.5. The van der Waals surface area contributed by atoms with Gasteiger partial charge in [0.2, 0.25) is 5.91 Å². The zero-order valence-electron chi connectivity index (χ0n) is 8.22. The fourth-order valence-corrected chi connectivity index (χ4v) is 0.788. The zero-order chi connectivity index (χ0) is 10.3. The van der Waals surface area contributed by atoms with E-state index in [9.17, 15) is 9.59 Å². The highest BCUT2D eigenvalue weighted by Gasteiger charge is 2.10. The SMILES string of the molecule is CC/C=C(\NC(C)=O)C(=O)OCC. The van der Waals surface area contributed by atoms with Crippen molar-refractivity contribution >= 4 is 11.9 Å². The lowest BCUT2D eigenvalue weighted by Gasteiger charge is -2.06. The first-order chi connectivity index (χ1) is 6.11. The maximum Gasteiger partial charge on any atom is 0.354 e. The van der Waals surface area contributed by atoms with Gasteiger partial charge in [-0.1, -0.05) is 13.0 Å². The van der Waals surface area contributed by atoms with Crippen LogP contribution in [-0.2, 0) is 14.3 Å². The molecule has 0 unspecified atom stereocenters. The molecule has 0 saturated carbocycles. The molecule has 0 aromatic rings. The minimum absolute atomic E-state index is 0.219. The Hall–Kier alpha value is -1.32. The first-order valence-electron chi connectivity index (χ1n) is 4.26. The van der Waals surface area contributed by atoms with E-state index in [1.54, 1.807) is 13.0 Å². The maximum atomic E-state index is 11.2. The highest BCUT2D eigenvalue weighted by molar-refractivity contribution is 5.93. The number of ether oxygens (including phenoxy) is 1. The minimum Gasteiger partial charge on any atom is -0.461 e. The molecule has 0 heterocycles. The van der Waals surface area contributed by atoms with Crippen LogP contribution in [-0.4, -0.2) is 18.5 Å². The third-order valence-electron chi connectivity index (χ3n) is 1.21. The molecule has 0 fully saturated rings. The van der Waals surface area contributed by atoms with Gasteiger partial charge in [0.05, 0.1) is 6.61 Å². The van der Waals surface area contributed by atoms with E-state index in [1.807, 2.05) is 6.92 Å². The van der Waals surface area contributed by atoms with Crippen molar-refractivity contribution in [3.8, 4) is 0 Å². The second kappa shape index (κ2) is 6.22. The van der Waals surface area contributed by atoms with Crippen LogP contribution in [0.2, 0.25) is 0 Å². The molecule has 0 aromatic heterocycles. The molecule has 0 aromatic carbocycles. The van der Waals surface area contributed by atoms with Crippen molar-refractivity contribution < 1.29 is 14.3 Å². The first kappa shape index (κ1) is 11.7. The lowest BCUT2D eigenvalue weighted by atomic mass is 10.3. The van der Waals surface area contributed by atoms with Gasteiger partial charge in [0, 0.05) is 6.92 Å². The standard InChI is InChI=1S/C9H15NO3/c1-4-6-8(10-7(3)11)9(12)13-5-2/h6H,4-5H2,1-3H3,(H,10,11)/b8-6-. The number of nitrogens with one attached hydrogen (secondary N) is 1. The number of hydrogen-bond acceptors (Lipinski definition) is 3. The Labute approximate surface area is 78.0 Å². The molecular weight excluding hydrogens is 170 g/mol. The molecule has 1 N–H and O–H groups in total. The number of esters is 1. The Morgan fingerprint density at radius 2 is 2.00 bits per heavy atom. The Balaban J connectivity index is 4.33. The summed E-state index contributed by atoms with van der Waals surface area (Å²) in [4.78, 5) is 21.8. The van der Waals surface area contributed by atoms with Crippen LogP contribution in [0.25, 0.3) is 0 Å². The maximum absolute atomic E-state index is 11.2. The average molecular weight is 185 g/mol. The van der Waals surface area contributed by atoms with E-state index in [0.717, 1.165) is 0 Å². The highest BCUT2D eigenvalue weighted by Crippen LogP contribution is 1.96. The fourth-order valence-electron chi connectivity index (χ4n) is 0.788. The summed E-state index contributed by atoms with van der Waals surface area (Å²) in [7, 11) is 0. The molecule has 0 rings (SSSR count). The monoisotopic (exact) mass is 185 g/mol. The van der Waals surface area contributed by atoms with Crippen LogP contribution in [0.1, 0.15) is 27.2 Å². The van der Waals surface area contributed by atoms with E-state index in [2.05, 4.69) is 5.32 Å². The Morgan fingerprint density at radius 1 is 1.38 bits per heavy atom. The molecule has 0 atom stereocenters. The van der Waals surface area contributed by atoms with Gasteiger partial charge in [-0.25, -0.2) is 4.79 Å². The van der Waals surface area contributed by atoms with Crippen LogP contribution in [0, 0.1) is 0 Å². The van der Waals surface area contributed by atoms with Crippen LogP contribution < -0.4 is 5.32 Å². The van der Waals surface area contributed by atoms with Crippen molar-refractivity contribution in [2.75, 3.05) is 6.61 Å². The van der Waals surface area contributed by atoms with E-state index in [1.165, 1.54) is 6.92 Å². The van der Waals surface area contributed by atoms with Gasteiger partial charge in [-0.05, 0) is 13.3 Å². The third-order valence-corrected chi connectivity index (χ3v) is 1.21. The van der Waals surface area contributed by atoms with Crippen LogP contribution in [0.15, 0.2) is 11.8 Å². The van der Waals surface area contributed by atoms with Crippen LogP contribution in [0.4, 0.5) is 0 Å². The largest absolute Gasteiger partial charge is 0.461 e. The van der Waals surface area contributed by atoms with Crippen LogP contribution in [0.3, 0.4) is 0 Å². The van der Waals surface area contributed by atoms with E-state index >= 15 is 0 Å². The van der Waals surface area contributed by atoms with Crippen molar-refractivity contribution in [2.45, 2.75) is 27.2 Å². The molecule has 74 valence electrons. The minimum atomic E-state index is -0.487. The van der Waals surface area contributed by atoms with E-state index < -0.39 is 5.97 Å². The number of hydrogen-bond donors (Lipinski definition) is 1. The van der Waals surface area contributed by atoms with E-state index in [-0.39, 0.29) is 11.6 Å². The number of carbonyl (C=O) groups is 2. The normalized spacial score (nSPS) is 10.8. The van der Waals surface area contributed by atoms with Crippen LogP contribution >= 0.6 is 0 Å². The first-order valence-corrected chi connectivity index (χ1v) is 4.26. The number of carbonyl (C=O) groups excluding carboxylic acids is 2. The summed E-state index contributed by atoms with van der Waals surface area (Å²) in [6, 6.07) is 0. The zero-order valence-corrected chi connectivity index (χ0v) is 8.22. The van der Waals surface area contributed by atoms with Gasteiger partial charge in [-0.3, -0.25) is 4.79 Å². The summed E-state index contributed by atoms with van der Waals surface area (Å²) in [6.45, 7) is 5.25. The van der Waals surface area contributed by atoms with Crippen molar-refractivity contribution in [3.05, 3.63) is 11.8 Å². The molecule has 4 nitrogen and oxygen atoms in total. The quantitative estimate of drug-likeness (QED) is 0.524. The molecule has 0 aliphatic carbocycles. The van der Waals surface area contributed by atoms with Gasteiger partial charge in [0.25, 0.3) is 0 Å². The predicted molar refractivity (Wildman–Crippen MR) is 48.8 cm³/mol. The fraction of sp³-hybridized carbons (Fsp3) is 0.556. The second-order valence-electron chi connectivity index (χ2n) is 2.43. The Bertz CT molecular complexity index is 221. The molecule has 4 heteroatoms. The molecule has 0 aliphatic heterocycles. The van der Waals surface area contributed by atoms with E-state index in [4.69, 9.17) is 4.74 Å². The van der Waals surface area contributed by atoms with E-state index in [0.29, 0.717) is 13.0 Å². The average Bonchev–Trinajstić information content (AvgIpc) is 2.03. The van der Waals surface area contributed by atoms with Gasteiger partial charge in [0.1, 0.15) is 5.70 Å². The van der Waals surface area contributed by atoms with Gasteiger partial charge in [-0.15, -0.1) is 0 Å². The topological polar surface area (TPSA) is 55.4 Å². The summed E-state index contributed by atoms with van der Waals surface area (Å²) in [5, 5.41) is 2.41. The van der Waals surface area contributed by atoms with Crippen molar-refractivity contribution in [3.63, 3.8) is 0 Å². The van der Waals surface area contributed by atoms with Gasteiger partial charge in [-0.2, -0.15) is 0 Å². The molecular formula is C9H15NO3. The summed E-state index contributed by atoms with van der Waals surface area (Å²) >= 11 is 0. The lowest BCUT2D eigenvalue weighted by molar-refractivity contribution is -0.140. The lowest BCUT2D eigenvalue weighted by Crippen LogP contribution is -2.26. The molecule has 0 bridgehead atoms. The van der Waals surface area contributed by atoms with Gasteiger partial charge in [0.15, 0.2) is 0 Å². The summed E-state index contributed by atoms with van der Waals surface area (Å²) in [5.41, 5.74) is 0.219. The molecule has 0 saturated heterocycles. The molecule has 1 amide bonds. The van der Waals surface area contributed by atoms with Gasteiger partial charge < -0.3 is 10.1 Å². The molecule has 0 aliphatic rings. The number of rotatable bonds is 4. The Morgan fingerprint density at radius 3 is 2.38 bits per heavy atom. The van der Waals surface area contributed by atoms with Crippen molar-refractivity contribution in [1.29, 1.82) is 0 Å². The third kappa shape index (κ3) is 5.00. The molecule has 13 heavy (non-hydrogen) atoms. The summed E-state index contributed by atoms with van der Waals surface area (Å²) < 4.78 is 4.74.